The molecule has 1 aromatic rings. The number of hydrogen-bond donors (Lipinski definition) is 1. The first-order valence-electron chi connectivity index (χ1n) is 5.05. The molecule has 0 aliphatic rings. The molecule has 1 unspecified atom stereocenters. The van der Waals surface area contributed by atoms with E-state index in [0.29, 0.717) is 10.6 Å². The molecule has 0 aromatic carbocycles. The molecule has 1 aromatic heterocycles. The van der Waals surface area contributed by atoms with Gasteiger partial charge in [0.15, 0.2) is 4.88 Å². The first-order valence-corrected chi connectivity index (χ1v) is 5.86. The normalized spacial score (nSPS) is 12.5. The smallest absolute Gasteiger partial charge is 0.349 e. The van der Waals surface area contributed by atoms with E-state index in [2.05, 4.69) is 6.92 Å². The molecular weight excluding hydrogens is 212 g/mol. The predicted octanol–water partition coefficient (Wildman–Crippen LogP) is 3.32. The van der Waals surface area contributed by atoms with Gasteiger partial charge in [-0.25, -0.2) is 4.79 Å². The highest BCUT2D eigenvalue weighted by molar-refractivity contribution is 7.14. The summed E-state index contributed by atoms with van der Waals surface area (Å²) in [6, 6.07) is 1.79. The minimum atomic E-state index is -0.910. The van der Waals surface area contributed by atoms with Gasteiger partial charge in [-0.3, -0.25) is 0 Å². The molecular formula is C11H16O3S. The van der Waals surface area contributed by atoms with E-state index in [1.165, 1.54) is 11.3 Å². The molecule has 0 aliphatic heterocycles. The second-order valence-electron chi connectivity index (χ2n) is 3.57. The molecule has 1 heterocycles. The molecule has 84 valence electrons. The zero-order valence-corrected chi connectivity index (χ0v) is 10.1. The highest BCUT2D eigenvalue weighted by atomic mass is 32.1. The highest BCUT2D eigenvalue weighted by Gasteiger charge is 2.16. The molecule has 0 bridgehead atoms. The summed E-state index contributed by atoms with van der Waals surface area (Å²) in [4.78, 5) is 12.2. The lowest BCUT2D eigenvalue weighted by Gasteiger charge is -2.12. The number of rotatable bonds is 5. The maximum Gasteiger partial charge on any atom is 0.349 e. The van der Waals surface area contributed by atoms with E-state index in [9.17, 15) is 4.79 Å². The average molecular weight is 228 g/mol. The maximum atomic E-state index is 10.9. The lowest BCUT2D eigenvalue weighted by molar-refractivity contribution is 0.0695. The van der Waals surface area contributed by atoms with Crippen molar-refractivity contribution in [2.75, 3.05) is 0 Å². The van der Waals surface area contributed by atoms with Crippen LogP contribution in [0.5, 0.6) is 5.75 Å². The number of carbonyl (C=O) groups is 1. The molecule has 0 aliphatic carbocycles. The van der Waals surface area contributed by atoms with Gasteiger partial charge in [0.2, 0.25) is 0 Å². The largest absolute Gasteiger partial charge is 0.489 e. The fourth-order valence-corrected chi connectivity index (χ4v) is 2.19. The van der Waals surface area contributed by atoms with Gasteiger partial charge in [0, 0.05) is 4.88 Å². The number of hydrogen-bond acceptors (Lipinski definition) is 3. The number of aryl methyl sites for hydroxylation is 1. The van der Waals surface area contributed by atoms with Gasteiger partial charge in [-0.2, -0.15) is 0 Å². The topological polar surface area (TPSA) is 46.5 Å². The number of carboxylic acid groups (broad SMARTS) is 1. The van der Waals surface area contributed by atoms with Crippen LogP contribution in [-0.2, 0) is 0 Å². The molecule has 1 N–H and O–H groups in total. The predicted molar refractivity (Wildman–Crippen MR) is 61.0 cm³/mol. The van der Waals surface area contributed by atoms with Gasteiger partial charge >= 0.3 is 5.97 Å². The van der Waals surface area contributed by atoms with Crippen LogP contribution in [0, 0.1) is 6.92 Å². The van der Waals surface area contributed by atoms with Crippen LogP contribution < -0.4 is 4.74 Å². The van der Waals surface area contributed by atoms with Crippen molar-refractivity contribution in [2.45, 2.75) is 39.7 Å². The van der Waals surface area contributed by atoms with Crippen LogP contribution in [0.1, 0.15) is 41.2 Å². The Kier molecular flexibility index (Phi) is 4.15. The summed E-state index contributed by atoms with van der Waals surface area (Å²) in [5, 5.41) is 8.95. The first kappa shape index (κ1) is 12.0. The van der Waals surface area contributed by atoms with Gasteiger partial charge < -0.3 is 9.84 Å². The summed E-state index contributed by atoms with van der Waals surface area (Å²) < 4.78 is 5.60. The van der Waals surface area contributed by atoms with Gasteiger partial charge in [-0.05, 0) is 26.3 Å². The van der Waals surface area contributed by atoms with Gasteiger partial charge in [0.25, 0.3) is 0 Å². The van der Waals surface area contributed by atoms with Crippen molar-refractivity contribution in [3.63, 3.8) is 0 Å². The molecule has 4 heteroatoms. The SMILES string of the molecule is CCCC(C)Oc1cc(C)sc1C(=O)O. The quantitative estimate of drug-likeness (QED) is 0.840. The van der Waals surface area contributed by atoms with Crippen LogP contribution in [0.4, 0.5) is 0 Å². The highest BCUT2D eigenvalue weighted by Crippen LogP contribution is 2.30. The third-order valence-corrected chi connectivity index (χ3v) is 3.06. The molecule has 0 spiro atoms. The number of ether oxygens (including phenoxy) is 1. The van der Waals surface area contributed by atoms with Crippen molar-refractivity contribution in [1.82, 2.24) is 0 Å². The van der Waals surface area contributed by atoms with Crippen LogP contribution in [0.25, 0.3) is 0 Å². The zero-order chi connectivity index (χ0) is 11.4. The summed E-state index contributed by atoms with van der Waals surface area (Å²) in [5.41, 5.74) is 0. The van der Waals surface area contributed by atoms with Crippen molar-refractivity contribution in [3.05, 3.63) is 15.8 Å². The third-order valence-electron chi connectivity index (χ3n) is 2.04. The number of carboxylic acids is 1. The summed E-state index contributed by atoms with van der Waals surface area (Å²) in [6.45, 7) is 5.92. The zero-order valence-electron chi connectivity index (χ0n) is 9.24. The minimum Gasteiger partial charge on any atom is -0.489 e. The minimum absolute atomic E-state index is 0.0714. The summed E-state index contributed by atoms with van der Waals surface area (Å²) in [6.07, 6.45) is 2.04. The van der Waals surface area contributed by atoms with Gasteiger partial charge in [-0.1, -0.05) is 13.3 Å². The molecule has 1 rings (SSSR count). The van der Waals surface area contributed by atoms with Crippen LogP contribution in [0.3, 0.4) is 0 Å². The molecule has 0 radical (unpaired) electrons. The molecule has 3 nitrogen and oxygen atoms in total. The van der Waals surface area contributed by atoms with E-state index in [1.807, 2.05) is 13.8 Å². The van der Waals surface area contributed by atoms with Crippen LogP contribution in [0.15, 0.2) is 6.07 Å². The monoisotopic (exact) mass is 228 g/mol. The van der Waals surface area contributed by atoms with Gasteiger partial charge in [-0.15, -0.1) is 11.3 Å². The van der Waals surface area contributed by atoms with Gasteiger partial charge in [0.05, 0.1) is 6.10 Å². The van der Waals surface area contributed by atoms with Crippen LogP contribution >= 0.6 is 11.3 Å². The molecule has 1 atom stereocenters. The summed E-state index contributed by atoms with van der Waals surface area (Å²) in [5.74, 6) is -0.405. The van der Waals surface area contributed by atoms with Crippen molar-refractivity contribution in [1.29, 1.82) is 0 Å². The van der Waals surface area contributed by atoms with Gasteiger partial charge in [0.1, 0.15) is 5.75 Å². The van der Waals surface area contributed by atoms with Crippen LogP contribution in [-0.4, -0.2) is 17.2 Å². The molecule has 15 heavy (non-hydrogen) atoms. The van der Waals surface area contributed by atoms with E-state index in [0.717, 1.165) is 17.7 Å². The Morgan fingerprint density at radius 1 is 1.67 bits per heavy atom. The Balaban J connectivity index is 2.79. The first-order chi connectivity index (χ1) is 7.04. The molecule has 0 saturated heterocycles. The van der Waals surface area contributed by atoms with Crippen molar-refractivity contribution in [2.24, 2.45) is 0 Å². The van der Waals surface area contributed by atoms with Crippen LogP contribution in [0.2, 0.25) is 0 Å². The fourth-order valence-electron chi connectivity index (χ4n) is 1.41. The molecule has 0 fully saturated rings. The second kappa shape index (κ2) is 5.16. The third kappa shape index (κ3) is 3.23. The van der Waals surface area contributed by atoms with E-state index in [1.54, 1.807) is 6.07 Å². The Hall–Kier alpha value is -1.03. The van der Waals surface area contributed by atoms with E-state index in [-0.39, 0.29) is 6.10 Å². The molecule has 0 saturated carbocycles. The molecule has 0 amide bonds. The summed E-state index contributed by atoms with van der Waals surface area (Å²) in [7, 11) is 0. The Morgan fingerprint density at radius 2 is 2.33 bits per heavy atom. The maximum absolute atomic E-state index is 10.9. The Labute approximate surface area is 93.7 Å². The Bertz CT molecular complexity index is 344. The second-order valence-corrected chi connectivity index (χ2v) is 4.83. The fraction of sp³-hybridized carbons (Fsp3) is 0.545. The van der Waals surface area contributed by atoms with Crippen molar-refractivity contribution >= 4 is 17.3 Å². The summed E-state index contributed by atoms with van der Waals surface area (Å²) >= 11 is 1.26. The Morgan fingerprint density at radius 3 is 2.87 bits per heavy atom. The van der Waals surface area contributed by atoms with E-state index < -0.39 is 5.97 Å². The lowest BCUT2D eigenvalue weighted by Crippen LogP contribution is -2.12. The number of thiophene rings is 1. The van der Waals surface area contributed by atoms with Crippen molar-refractivity contribution in [3.8, 4) is 5.75 Å². The lowest BCUT2D eigenvalue weighted by atomic mass is 10.2. The standard InChI is InChI=1S/C11H16O3S/c1-4-5-7(2)14-9-6-8(3)15-10(9)11(12)13/h6-7H,4-5H2,1-3H3,(H,12,13). The van der Waals surface area contributed by atoms with Crippen molar-refractivity contribution < 1.29 is 14.6 Å². The number of aromatic carboxylic acids is 1. The van der Waals surface area contributed by atoms with E-state index >= 15 is 0 Å². The average Bonchev–Trinajstić information content (AvgIpc) is 2.47. The van der Waals surface area contributed by atoms with E-state index in [4.69, 9.17) is 9.84 Å².